The average molecular weight is 240 g/mol. The summed E-state index contributed by atoms with van der Waals surface area (Å²) in [6.45, 7) is 4.05. The van der Waals surface area contributed by atoms with E-state index in [0.29, 0.717) is 5.82 Å². The molecule has 0 fully saturated rings. The van der Waals surface area contributed by atoms with E-state index in [4.69, 9.17) is 5.73 Å². The Morgan fingerprint density at radius 1 is 1.11 bits per heavy atom. The topological polar surface area (TPSA) is 56.0 Å². The lowest BCUT2D eigenvalue weighted by atomic mass is 9.91. The van der Waals surface area contributed by atoms with Gasteiger partial charge in [-0.3, -0.25) is 0 Å². The van der Waals surface area contributed by atoms with Crippen LogP contribution in [0.15, 0.2) is 36.5 Å². The maximum Gasteiger partial charge on any atom is 0.131 e. The molecule has 0 aliphatic heterocycles. The van der Waals surface area contributed by atoms with Gasteiger partial charge < -0.3 is 10.5 Å². The van der Waals surface area contributed by atoms with E-state index in [0.717, 1.165) is 28.5 Å². The van der Waals surface area contributed by atoms with Crippen molar-refractivity contribution in [2.45, 2.75) is 19.8 Å². The molecule has 0 aliphatic carbocycles. The van der Waals surface area contributed by atoms with Crippen molar-refractivity contribution in [3.8, 4) is 0 Å². The molecule has 1 aromatic heterocycles. The SMILES string of the molecule is Cc1cc(C)cc(C(C=O)c2ccnc(N)c2)c1. The van der Waals surface area contributed by atoms with E-state index >= 15 is 0 Å². The summed E-state index contributed by atoms with van der Waals surface area (Å²) in [5.41, 5.74) is 9.84. The fraction of sp³-hybridized carbons (Fsp3) is 0.200. The molecule has 0 saturated heterocycles. The molecule has 2 N–H and O–H groups in total. The molecule has 3 nitrogen and oxygen atoms in total. The Labute approximate surface area is 107 Å². The second-order valence-electron chi connectivity index (χ2n) is 4.55. The molecule has 0 amide bonds. The van der Waals surface area contributed by atoms with Crippen LogP contribution in [-0.4, -0.2) is 11.3 Å². The Morgan fingerprint density at radius 3 is 2.33 bits per heavy atom. The first-order valence-electron chi connectivity index (χ1n) is 5.85. The van der Waals surface area contributed by atoms with Crippen molar-refractivity contribution in [2.75, 3.05) is 5.73 Å². The lowest BCUT2D eigenvalue weighted by Crippen LogP contribution is -2.04. The zero-order chi connectivity index (χ0) is 13.1. The van der Waals surface area contributed by atoms with Crippen LogP contribution >= 0.6 is 0 Å². The molecule has 1 unspecified atom stereocenters. The predicted octanol–water partition coefficient (Wildman–Crippen LogP) is 2.61. The fourth-order valence-electron chi connectivity index (χ4n) is 2.20. The summed E-state index contributed by atoms with van der Waals surface area (Å²) in [5.74, 6) is 0.151. The maximum absolute atomic E-state index is 11.4. The van der Waals surface area contributed by atoms with Gasteiger partial charge in [0.2, 0.25) is 0 Å². The van der Waals surface area contributed by atoms with Gasteiger partial charge in [-0.25, -0.2) is 4.98 Å². The number of aromatic nitrogens is 1. The van der Waals surface area contributed by atoms with E-state index in [9.17, 15) is 4.79 Å². The summed E-state index contributed by atoms with van der Waals surface area (Å²) in [6.07, 6.45) is 2.58. The number of benzene rings is 1. The van der Waals surface area contributed by atoms with Crippen molar-refractivity contribution in [1.29, 1.82) is 0 Å². The number of rotatable bonds is 3. The van der Waals surface area contributed by atoms with Gasteiger partial charge in [0.05, 0.1) is 5.92 Å². The Hall–Kier alpha value is -2.16. The lowest BCUT2D eigenvalue weighted by Gasteiger charge is -2.13. The Balaban J connectivity index is 2.48. The number of pyridine rings is 1. The van der Waals surface area contributed by atoms with Crippen molar-refractivity contribution >= 4 is 12.1 Å². The first-order chi connectivity index (χ1) is 8.60. The minimum Gasteiger partial charge on any atom is -0.384 e. The third kappa shape index (κ3) is 2.56. The van der Waals surface area contributed by atoms with Gasteiger partial charge in [0.1, 0.15) is 12.1 Å². The van der Waals surface area contributed by atoms with E-state index in [2.05, 4.69) is 11.1 Å². The molecular weight excluding hydrogens is 224 g/mol. The van der Waals surface area contributed by atoms with E-state index in [1.165, 1.54) is 0 Å². The van der Waals surface area contributed by atoms with Crippen molar-refractivity contribution in [3.05, 3.63) is 58.8 Å². The number of hydrogen-bond donors (Lipinski definition) is 1. The monoisotopic (exact) mass is 240 g/mol. The van der Waals surface area contributed by atoms with Crippen LogP contribution in [0.4, 0.5) is 5.82 Å². The molecule has 0 spiro atoms. The zero-order valence-corrected chi connectivity index (χ0v) is 10.6. The molecule has 3 heteroatoms. The van der Waals surface area contributed by atoms with E-state index < -0.39 is 0 Å². The van der Waals surface area contributed by atoms with Crippen LogP contribution in [0.5, 0.6) is 0 Å². The largest absolute Gasteiger partial charge is 0.384 e. The number of nitrogens with two attached hydrogens (primary N) is 1. The number of nitrogen functional groups attached to an aromatic ring is 1. The van der Waals surface area contributed by atoms with E-state index in [1.54, 1.807) is 12.3 Å². The van der Waals surface area contributed by atoms with Gasteiger partial charge in [-0.05, 0) is 37.1 Å². The Bertz CT molecular complexity index is 558. The first kappa shape index (κ1) is 12.3. The van der Waals surface area contributed by atoms with Crippen LogP contribution in [0, 0.1) is 13.8 Å². The molecule has 0 saturated carbocycles. The molecular formula is C15H16N2O. The smallest absolute Gasteiger partial charge is 0.131 e. The van der Waals surface area contributed by atoms with Crippen molar-refractivity contribution in [1.82, 2.24) is 4.98 Å². The highest BCUT2D eigenvalue weighted by molar-refractivity contribution is 5.69. The normalized spacial score (nSPS) is 12.1. The summed E-state index contributed by atoms with van der Waals surface area (Å²) >= 11 is 0. The lowest BCUT2D eigenvalue weighted by molar-refractivity contribution is -0.108. The second kappa shape index (κ2) is 5.00. The number of aryl methyl sites for hydroxylation is 2. The van der Waals surface area contributed by atoms with Gasteiger partial charge in [0.25, 0.3) is 0 Å². The number of carbonyl (C=O) groups excluding carboxylic acids is 1. The third-order valence-electron chi connectivity index (χ3n) is 2.90. The molecule has 0 aliphatic rings. The van der Waals surface area contributed by atoms with Gasteiger partial charge in [-0.1, -0.05) is 29.3 Å². The maximum atomic E-state index is 11.4. The number of anilines is 1. The van der Waals surface area contributed by atoms with Crippen molar-refractivity contribution < 1.29 is 4.79 Å². The number of carbonyl (C=O) groups is 1. The van der Waals surface area contributed by atoms with E-state index in [1.807, 2.05) is 32.0 Å². The second-order valence-corrected chi connectivity index (χ2v) is 4.55. The highest BCUT2D eigenvalue weighted by Crippen LogP contribution is 2.25. The Morgan fingerprint density at radius 2 is 1.78 bits per heavy atom. The summed E-state index contributed by atoms with van der Waals surface area (Å²) in [6, 6.07) is 9.72. The molecule has 2 aromatic rings. The molecule has 0 radical (unpaired) electrons. The van der Waals surface area contributed by atoms with Gasteiger partial charge in [-0.15, -0.1) is 0 Å². The minimum absolute atomic E-state index is 0.283. The number of aldehydes is 1. The van der Waals surface area contributed by atoms with Crippen LogP contribution in [0.25, 0.3) is 0 Å². The van der Waals surface area contributed by atoms with Gasteiger partial charge in [0, 0.05) is 6.20 Å². The van der Waals surface area contributed by atoms with Crippen LogP contribution in [0.2, 0.25) is 0 Å². The van der Waals surface area contributed by atoms with Crippen LogP contribution in [0.3, 0.4) is 0 Å². The average Bonchev–Trinajstić information content (AvgIpc) is 2.28. The fourth-order valence-corrected chi connectivity index (χ4v) is 2.20. The molecule has 1 heterocycles. The standard InChI is InChI=1S/C15H16N2O/c1-10-5-11(2)7-13(6-10)14(9-18)12-3-4-17-15(16)8-12/h3-9,14H,1-2H3,(H2,16,17). The minimum atomic E-state index is -0.283. The van der Waals surface area contributed by atoms with Gasteiger partial charge in [0.15, 0.2) is 0 Å². The number of hydrogen-bond acceptors (Lipinski definition) is 3. The van der Waals surface area contributed by atoms with Gasteiger partial charge in [-0.2, -0.15) is 0 Å². The first-order valence-corrected chi connectivity index (χ1v) is 5.85. The van der Waals surface area contributed by atoms with Crippen molar-refractivity contribution in [3.63, 3.8) is 0 Å². The van der Waals surface area contributed by atoms with Gasteiger partial charge >= 0.3 is 0 Å². The zero-order valence-electron chi connectivity index (χ0n) is 10.6. The summed E-state index contributed by atoms with van der Waals surface area (Å²) in [5, 5.41) is 0. The quantitative estimate of drug-likeness (QED) is 0.839. The van der Waals surface area contributed by atoms with Crippen LogP contribution in [0.1, 0.15) is 28.2 Å². The summed E-state index contributed by atoms with van der Waals surface area (Å²) in [7, 11) is 0. The predicted molar refractivity (Wildman–Crippen MR) is 72.5 cm³/mol. The summed E-state index contributed by atoms with van der Waals surface area (Å²) < 4.78 is 0. The molecule has 18 heavy (non-hydrogen) atoms. The van der Waals surface area contributed by atoms with Crippen LogP contribution < -0.4 is 5.73 Å². The number of nitrogens with zero attached hydrogens (tertiary/aromatic N) is 1. The highest BCUT2D eigenvalue weighted by Gasteiger charge is 2.14. The molecule has 1 aromatic carbocycles. The molecule has 2 rings (SSSR count). The Kier molecular flexibility index (Phi) is 3.42. The summed E-state index contributed by atoms with van der Waals surface area (Å²) in [4.78, 5) is 15.3. The van der Waals surface area contributed by atoms with Crippen molar-refractivity contribution in [2.24, 2.45) is 0 Å². The highest BCUT2D eigenvalue weighted by atomic mass is 16.1. The molecule has 92 valence electrons. The third-order valence-corrected chi connectivity index (χ3v) is 2.90. The van der Waals surface area contributed by atoms with Crippen LogP contribution in [-0.2, 0) is 4.79 Å². The molecule has 1 atom stereocenters. The molecule has 0 bridgehead atoms. The van der Waals surface area contributed by atoms with E-state index in [-0.39, 0.29) is 5.92 Å².